The van der Waals surface area contributed by atoms with Gasteiger partial charge in [0.25, 0.3) is 0 Å². The molecule has 0 N–H and O–H groups in total. The maximum Gasteiger partial charge on any atom is 0.0343 e. The molecule has 1 heterocycles. The normalized spacial score (nSPS) is 16.8. The molecule has 0 amide bonds. The van der Waals surface area contributed by atoms with Gasteiger partial charge < -0.3 is 0 Å². The molecule has 0 fully saturated rings. The summed E-state index contributed by atoms with van der Waals surface area (Å²) in [5, 5.41) is 2.58. The first-order valence-corrected chi connectivity index (χ1v) is 5.75. The van der Waals surface area contributed by atoms with E-state index in [-0.39, 0.29) is 0 Å². The predicted molar refractivity (Wildman–Crippen MR) is 74.2 cm³/mol. The number of benzene rings is 2. The first-order valence-electron chi connectivity index (χ1n) is 5.75. The van der Waals surface area contributed by atoms with Crippen molar-refractivity contribution < 1.29 is 0 Å². The van der Waals surface area contributed by atoms with E-state index in [0.717, 1.165) is 0 Å². The second-order valence-corrected chi connectivity index (χ2v) is 4.20. The lowest BCUT2D eigenvalue weighted by Crippen LogP contribution is -1.87. The van der Waals surface area contributed by atoms with Crippen LogP contribution in [0.15, 0.2) is 65.3 Å². The molecule has 1 heteroatoms. The summed E-state index contributed by atoms with van der Waals surface area (Å²) in [5.74, 6) is 0. The summed E-state index contributed by atoms with van der Waals surface area (Å²) in [5.41, 5.74) is 3.76. The monoisotopic (exact) mass is 219 g/mol. The van der Waals surface area contributed by atoms with E-state index in [9.17, 15) is 0 Å². The zero-order valence-electron chi connectivity index (χ0n) is 9.72. The molecule has 0 saturated heterocycles. The molecule has 0 aromatic heterocycles. The van der Waals surface area contributed by atoms with Crippen LogP contribution in [0.1, 0.15) is 12.5 Å². The zero-order valence-corrected chi connectivity index (χ0v) is 9.72. The maximum absolute atomic E-state index is 4.13. The van der Waals surface area contributed by atoms with Gasteiger partial charge in [0, 0.05) is 12.4 Å². The van der Waals surface area contributed by atoms with Crippen molar-refractivity contribution in [3.63, 3.8) is 0 Å². The topological polar surface area (TPSA) is 12.4 Å². The van der Waals surface area contributed by atoms with Crippen LogP contribution in [-0.4, -0.2) is 6.21 Å². The number of fused-ring (bicyclic) bond motifs is 1. The van der Waals surface area contributed by atoms with Crippen LogP contribution in [0.5, 0.6) is 0 Å². The first-order chi connectivity index (χ1) is 8.36. The molecule has 0 bridgehead atoms. The number of hydrogen-bond acceptors (Lipinski definition) is 1. The molecule has 17 heavy (non-hydrogen) atoms. The number of rotatable bonds is 1. The van der Waals surface area contributed by atoms with Crippen LogP contribution in [0, 0.1) is 0 Å². The van der Waals surface area contributed by atoms with Crippen molar-refractivity contribution in [3.05, 3.63) is 65.9 Å². The number of aliphatic imine (C=N–C) groups is 1. The van der Waals surface area contributed by atoms with E-state index in [1.165, 1.54) is 27.5 Å². The molecular formula is C16H13N. The number of allylic oxidation sites excluding steroid dienone is 3. The Hall–Kier alpha value is -2.15. The van der Waals surface area contributed by atoms with Gasteiger partial charge >= 0.3 is 0 Å². The highest BCUT2D eigenvalue weighted by atomic mass is 14.7. The summed E-state index contributed by atoms with van der Waals surface area (Å²) in [4.78, 5) is 4.13. The Balaban J connectivity index is 2.28. The van der Waals surface area contributed by atoms with Crippen LogP contribution < -0.4 is 0 Å². The van der Waals surface area contributed by atoms with E-state index >= 15 is 0 Å². The quantitative estimate of drug-likeness (QED) is 0.681. The minimum atomic E-state index is 1.20. The van der Waals surface area contributed by atoms with E-state index in [0.29, 0.717) is 0 Å². The molecule has 0 atom stereocenters. The first kappa shape index (κ1) is 10.0. The summed E-state index contributed by atoms with van der Waals surface area (Å²) in [6.45, 7) is 2.15. The average Bonchev–Trinajstić information content (AvgIpc) is 2.91. The molecule has 0 radical (unpaired) electrons. The van der Waals surface area contributed by atoms with Gasteiger partial charge in [-0.15, -0.1) is 0 Å². The van der Waals surface area contributed by atoms with Gasteiger partial charge in [0.2, 0.25) is 0 Å². The number of hydrogen-bond donors (Lipinski definition) is 0. The molecule has 2 aromatic carbocycles. The lowest BCUT2D eigenvalue weighted by atomic mass is 9.96. The minimum Gasteiger partial charge on any atom is -0.264 e. The van der Waals surface area contributed by atoms with Crippen molar-refractivity contribution in [2.24, 2.45) is 4.99 Å². The minimum absolute atomic E-state index is 1.20. The van der Waals surface area contributed by atoms with Crippen LogP contribution in [0.3, 0.4) is 0 Å². The van der Waals surface area contributed by atoms with Crippen LogP contribution in [-0.2, 0) is 0 Å². The van der Waals surface area contributed by atoms with Crippen molar-refractivity contribution in [2.45, 2.75) is 6.92 Å². The Morgan fingerprint density at radius 1 is 1.00 bits per heavy atom. The molecule has 1 nitrogen and oxygen atoms in total. The maximum atomic E-state index is 4.13. The van der Waals surface area contributed by atoms with Crippen LogP contribution in [0.25, 0.3) is 16.3 Å². The van der Waals surface area contributed by atoms with Gasteiger partial charge in [-0.25, -0.2) is 0 Å². The van der Waals surface area contributed by atoms with Gasteiger partial charge in [-0.1, -0.05) is 42.5 Å². The van der Waals surface area contributed by atoms with Crippen molar-refractivity contribution >= 4 is 22.6 Å². The molecule has 0 aliphatic carbocycles. The average molecular weight is 219 g/mol. The van der Waals surface area contributed by atoms with Crippen molar-refractivity contribution in [2.75, 3.05) is 0 Å². The Kier molecular flexibility index (Phi) is 2.37. The van der Waals surface area contributed by atoms with E-state index < -0.39 is 0 Å². The zero-order chi connectivity index (χ0) is 11.7. The largest absolute Gasteiger partial charge is 0.264 e. The SMILES string of the molecule is CC(=C1C=CN=C1)c1cccc2ccccc12. The highest BCUT2D eigenvalue weighted by Gasteiger charge is 2.06. The van der Waals surface area contributed by atoms with Gasteiger partial charge in [-0.05, 0) is 40.5 Å². The third kappa shape index (κ3) is 1.70. The molecular weight excluding hydrogens is 206 g/mol. The van der Waals surface area contributed by atoms with Crippen molar-refractivity contribution in [1.29, 1.82) is 0 Å². The molecule has 0 spiro atoms. The Bertz CT molecular complexity index is 641. The lowest BCUT2D eigenvalue weighted by Gasteiger charge is -2.08. The third-order valence-electron chi connectivity index (χ3n) is 3.18. The molecule has 1 aliphatic rings. The van der Waals surface area contributed by atoms with E-state index in [4.69, 9.17) is 0 Å². The highest BCUT2D eigenvalue weighted by molar-refractivity contribution is 6.01. The fourth-order valence-corrected chi connectivity index (χ4v) is 2.22. The Labute approximate surface area is 101 Å². The van der Waals surface area contributed by atoms with Crippen molar-refractivity contribution in [1.82, 2.24) is 0 Å². The third-order valence-corrected chi connectivity index (χ3v) is 3.18. The summed E-state index contributed by atoms with van der Waals surface area (Å²) in [6.07, 6.45) is 5.80. The Morgan fingerprint density at radius 3 is 2.65 bits per heavy atom. The second kappa shape index (κ2) is 4.02. The predicted octanol–water partition coefficient (Wildman–Crippen LogP) is 4.21. The number of nitrogens with zero attached hydrogens (tertiary/aromatic N) is 1. The molecule has 1 aliphatic heterocycles. The second-order valence-electron chi connectivity index (χ2n) is 4.20. The van der Waals surface area contributed by atoms with Gasteiger partial charge in [-0.2, -0.15) is 0 Å². The highest BCUT2D eigenvalue weighted by Crippen LogP contribution is 2.27. The summed E-state index contributed by atoms with van der Waals surface area (Å²) in [6, 6.07) is 14.9. The summed E-state index contributed by atoms with van der Waals surface area (Å²) < 4.78 is 0. The van der Waals surface area contributed by atoms with Crippen LogP contribution >= 0.6 is 0 Å². The Morgan fingerprint density at radius 2 is 1.82 bits per heavy atom. The van der Waals surface area contributed by atoms with Crippen molar-refractivity contribution in [3.8, 4) is 0 Å². The molecule has 3 rings (SSSR count). The van der Waals surface area contributed by atoms with Gasteiger partial charge in [0.05, 0.1) is 0 Å². The fraction of sp³-hybridized carbons (Fsp3) is 0.0625. The van der Waals surface area contributed by atoms with Crippen LogP contribution in [0.4, 0.5) is 0 Å². The molecule has 82 valence electrons. The van der Waals surface area contributed by atoms with E-state index in [1.807, 2.05) is 12.4 Å². The summed E-state index contributed by atoms with van der Waals surface area (Å²) >= 11 is 0. The molecule has 2 aromatic rings. The smallest absolute Gasteiger partial charge is 0.0343 e. The lowest BCUT2D eigenvalue weighted by molar-refractivity contribution is 1.60. The fourth-order valence-electron chi connectivity index (χ4n) is 2.22. The molecule has 0 saturated carbocycles. The molecule has 0 unspecified atom stereocenters. The van der Waals surface area contributed by atoms with Gasteiger partial charge in [-0.3, -0.25) is 4.99 Å². The van der Waals surface area contributed by atoms with Gasteiger partial charge in [0.15, 0.2) is 0 Å². The van der Waals surface area contributed by atoms with Gasteiger partial charge in [0.1, 0.15) is 0 Å². The standard InChI is InChI=1S/C16H13N/c1-12(14-9-10-17-11-14)15-8-4-6-13-5-2-3-7-16(13)15/h2-11H,1H3. The van der Waals surface area contributed by atoms with E-state index in [2.05, 4.69) is 60.5 Å². The van der Waals surface area contributed by atoms with E-state index in [1.54, 1.807) is 0 Å². The van der Waals surface area contributed by atoms with Crippen LogP contribution in [0.2, 0.25) is 0 Å². The summed E-state index contributed by atoms with van der Waals surface area (Å²) in [7, 11) is 0.